The van der Waals surface area contributed by atoms with Crippen LogP contribution in [0.4, 0.5) is 5.82 Å². The van der Waals surface area contributed by atoms with Crippen molar-refractivity contribution in [2.24, 2.45) is 0 Å². The minimum atomic E-state index is -3.48. The number of rotatable bonds is 7. The molecule has 10 heteroatoms. The summed E-state index contributed by atoms with van der Waals surface area (Å²) in [5, 5.41) is 3.27. The second-order valence-electron chi connectivity index (χ2n) is 8.40. The van der Waals surface area contributed by atoms with Crippen molar-refractivity contribution in [3.05, 3.63) is 66.7 Å². The Morgan fingerprint density at radius 3 is 2.53 bits per heavy atom. The van der Waals surface area contributed by atoms with Gasteiger partial charge in [0.1, 0.15) is 11.6 Å². The highest BCUT2D eigenvalue weighted by atomic mass is 32.2. The van der Waals surface area contributed by atoms with Gasteiger partial charge in [0.25, 0.3) is 0 Å². The fraction of sp³-hybridized carbons (Fsp3) is 0.292. The van der Waals surface area contributed by atoms with E-state index in [1.807, 2.05) is 43.4 Å². The molecule has 1 fully saturated rings. The monoisotopic (exact) mass is 477 g/mol. The summed E-state index contributed by atoms with van der Waals surface area (Å²) in [7, 11) is -1.47. The van der Waals surface area contributed by atoms with Gasteiger partial charge in [-0.25, -0.2) is 23.4 Å². The second kappa shape index (κ2) is 9.49. The highest BCUT2D eigenvalue weighted by Gasteiger charge is 2.27. The number of aromatic amines is 1. The molecule has 34 heavy (non-hydrogen) atoms. The number of pyridine rings is 2. The molecular formula is C24H27N7O2S. The summed E-state index contributed by atoms with van der Waals surface area (Å²) in [5.41, 5.74) is 3.31. The number of H-pyrrole nitrogens is 1. The zero-order valence-corrected chi connectivity index (χ0v) is 19.8. The molecule has 4 aromatic rings. The molecule has 0 saturated carbocycles. The van der Waals surface area contributed by atoms with E-state index in [-0.39, 0.29) is 0 Å². The van der Waals surface area contributed by atoms with Crippen LogP contribution < -0.4 is 5.32 Å². The Kier molecular flexibility index (Phi) is 6.27. The van der Waals surface area contributed by atoms with Gasteiger partial charge >= 0.3 is 0 Å². The maximum atomic E-state index is 13.0. The molecule has 2 N–H and O–H groups in total. The van der Waals surface area contributed by atoms with Gasteiger partial charge in [0.2, 0.25) is 10.0 Å². The van der Waals surface area contributed by atoms with Crippen LogP contribution in [0.25, 0.3) is 22.3 Å². The van der Waals surface area contributed by atoms with Crippen LogP contribution in [0.15, 0.2) is 65.8 Å². The number of aromatic nitrogens is 4. The third-order valence-electron chi connectivity index (χ3n) is 6.01. The molecule has 5 rings (SSSR count). The molecule has 1 aliphatic heterocycles. The van der Waals surface area contributed by atoms with Crippen molar-refractivity contribution in [3.8, 4) is 11.1 Å². The molecule has 0 radical (unpaired) electrons. The average Bonchev–Trinajstić information content (AvgIpc) is 3.27. The Bertz CT molecular complexity index is 1360. The zero-order valence-electron chi connectivity index (χ0n) is 19.0. The number of hydrogen-bond donors (Lipinski definition) is 2. The lowest BCUT2D eigenvalue weighted by Crippen LogP contribution is -2.46. The van der Waals surface area contributed by atoms with Crippen LogP contribution in [0.3, 0.4) is 0 Å². The van der Waals surface area contributed by atoms with Crippen LogP contribution in [0, 0.1) is 0 Å². The molecule has 0 atom stereocenters. The Balaban J connectivity index is 1.28. The number of hydrogen-bond acceptors (Lipinski definition) is 7. The predicted molar refractivity (Wildman–Crippen MR) is 132 cm³/mol. The van der Waals surface area contributed by atoms with E-state index in [1.54, 1.807) is 28.8 Å². The first-order chi connectivity index (χ1) is 16.5. The van der Waals surface area contributed by atoms with Crippen molar-refractivity contribution in [1.29, 1.82) is 0 Å². The standard InChI is InChI=1S/C24H27N7O2S/c1-30-12-14-31(15-13-30)34(32,33)20-7-5-18(6-8-20)19-16-21-24(27-17-19)29-23(28-21)9-11-26-22-4-2-3-10-25-22/h2-8,10,16-17H,9,11-15H2,1H3,(H,25,26)(H,27,28,29). The second-order valence-corrected chi connectivity index (χ2v) is 10.3. The SMILES string of the molecule is CN1CCN(S(=O)(=O)c2ccc(-c3cnc4nc(CCNc5ccccn5)[nH]c4c3)cc2)CC1. The number of nitrogens with one attached hydrogen (secondary N) is 2. The molecule has 0 bridgehead atoms. The Morgan fingerprint density at radius 1 is 1.00 bits per heavy atom. The van der Waals surface area contributed by atoms with Crippen molar-refractivity contribution in [1.82, 2.24) is 29.1 Å². The Hall–Kier alpha value is -3.34. The zero-order chi connectivity index (χ0) is 23.5. The van der Waals surface area contributed by atoms with Gasteiger partial charge in [-0.2, -0.15) is 4.31 Å². The van der Waals surface area contributed by atoms with E-state index in [4.69, 9.17) is 0 Å². The minimum absolute atomic E-state index is 0.319. The number of likely N-dealkylation sites (N-methyl/N-ethyl adjacent to an activating group) is 1. The van der Waals surface area contributed by atoms with Crippen molar-refractivity contribution < 1.29 is 8.42 Å². The summed E-state index contributed by atoms with van der Waals surface area (Å²) in [6.45, 7) is 3.22. The predicted octanol–water partition coefficient (Wildman–Crippen LogP) is 2.61. The molecule has 1 saturated heterocycles. The van der Waals surface area contributed by atoms with Crippen LogP contribution in [-0.4, -0.2) is 77.3 Å². The molecule has 0 aliphatic carbocycles. The highest BCUT2D eigenvalue weighted by Crippen LogP contribution is 2.25. The maximum absolute atomic E-state index is 13.0. The fourth-order valence-electron chi connectivity index (χ4n) is 4.00. The van der Waals surface area contributed by atoms with E-state index in [9.17, 15) is 8.42 Å². The summed E-state index contributed by atoms with van der Waals surface area (Å²) in [5.74, 6) is 1.67. The first kappa shape index (κ1) is 22.5. The van der Waals surface area contributed by atoms with E-state index in [1.165, 1.54) is 0 Å². The number of benzene rings is 1. The van der Waals surface area contributed by atoms with E-state index < -0.39 is 10.0 Å². The number of piperazine rings is 1. The average molecular weight is 478 g/mol. The summed E-state index contributed by atoms with van der Waals surface area (Å²) in [4.78, 5) is 19.1. The number of anilines is 1. The molecule has 176 valence electrons. The third kappa shape index (κ3) is 4.79. The highest BCUT2D eigenvalue weighted by molar-refractivity contribution is 7.89. The smallest absolute Gasteiger partial charge is 0.243 e. The minimum Gasteiger partial charge on any atom is -0.370 e. The van der Waals surface area contributed by atoms with Crippen LogP contribution in [0.5, 0.6) is 0 Å². The van der Waals surface area contributed by atoms with Crippen molar-refractivity contribution in [3.63, 3.8) is 0 Å². The Morgan fingerprint density at radius 2 is 1.79 bits per heavy atom. The molecule has 1 aliphatic rings. The number of sulfonamides is 1. The number of fused-ring (bicyclic) bond motifs is 1. The van der Waals surface area contributed by atoms with Crippen molar-refractivity contribution >= 4 is 27.0 Å². The number of imidazole rings is 1. The lowest BCUT2D eigenvalue weighted by atomic mass is 10.1. The molecule has 1 aromatic carbocycles. The largest absolute Gasteiger partial charge is 0.370 e. The first-order valence-corrected chi connectivity index (χ1v) is 12.7. The molecule has 0 spiro atoms. The van der Waals surface area contributed by atoms with Crippen LogP contribution >= 0.6 is 0 Å². The topological polar surface area (TPSA) is 107 Å². The van der Waals surface area contributed by atoms with E-state index in [0.717, 1.165) is 41.4 Å². The molecule has 9 nitrogen and oxygen atoms in total. The van der Waals surface area contributed by atoms with E-state index >= 15 is 0 Å². The van der Waals surface area contributed by atoms with Gasteiger partial charge in [0.15, 0.2) is 5.65 Å². The lowest BCUT2D eigenvalue weighted by Gasteiger charge is -2.31. The molecular weight excluding hydrogens is 450 g/mol. The van der Waals surface area contributed by atoms with Crippen LogP contribution in [0.1, 0.15) is 5.82 Å². The van der Waals surface area contributed by atoms with Crippen LogP contribution in [0.2, 0.25) is 0 Å². The van der Waals surface area contributed by atoms with Gasteiger partial charge in [0, 0.05) is 57.1 Å². The molecule has 3 aromatic heterocycles. The van der Waals surface area contributed by atoms with Gasteiger partial charge < -0.3 is 15.2 Å². The van der Waals surface area contributed by atoms with E-state index in [0.29, 0.717) is 36.6 Å². The lowest BCUT2D eigenvalue weighted by molar-refractivity contribution is 0.222. The quantitative estimate of drug-likeness (QED) is 0.421. The maximum Gasteiger partial charge on any atom is 0.243 e. The van der Waals surface area contributed by atoms with Crippen molar-refractivity contribution in [2.75, 3.05) is 45.1 Å². The third-order valence-corrected chi connectivity index (χ3v) is 7.92. The molecule has 4 heterocycles. The normalized spacial score (nSPS) is 15.6. The summed E-state index contributed by atoms with van der Waals surface area (Å²) in [6.07, 6.45) is 4.23. The van der Waals surface area contributed by atoms with Crippen molar-refractivity contribution in [2.45, 2.75) is 11.3 Å². The van der Waals surface area contributed by atoms with Gasteiger partial charge in [-0.3, -0.25) is 0 Å². The first-order valence-electron chi connectivity index (χ1n) is 11.3. The van der Waals surface area contributed by atoms with Gasteiger partial charge in [-0.05, 0) is 42.9 Å². The molecule has 0 unspecified atom stereocenters. The van der Waals surface area contributed by atoms with Gasteiger partial charge in [0.05, 0.1) is 10.4 Å². The van der Waals surface area contributed by atoms with Crippen LogP contribution in [-0.2, 0) is 16.4 Å². The van der Waals surface area contributed by atoms with Gasteiger partial charge in [-0.1, -0.05) is 18.2 Å². The Labute approximate surface area is 198 Å². The van der Waals surface area contributed by atoms with E-state index in [2.05, 4.69) is 30.2 Å². The van der Waals surface area contributed by atoms with Gasteiger partial charge in [-0.15, -0.1) is 0 Å². The fourth-order valence-corrected chi connectivity index (χ4v) is 5.42. The number of nitrogens with zero attached hydrogens (tertiary/aromatic N) is 5. The summed E-state index contributed by atoms with van der Waals surface area (Å²) in [6, 6.07) is 14.8. The summed E-state index contributed by atoms with van der Waals surface area (Å²) < 4.78 is 27.5. The summed E-state index contributed by atoms with van der Waals surface area (Å²) >= 11 is 0. The molecule has 0 amide bonds.